The standard InChI is InChI=1S/C18H27NO2/c1-13-11-15(14(2)19-3)5-6-17(13)21-16-7-10-20-18(12-16)8-4-9-18/h5-6,11,14,16,19H,4,7-10,12H2,1-3H3. The highest BCUT2D eigenvalue weighted by molar-refractivity contribution is 5.37. The maximum atomic E-state index is 6.29. The van der Waals surface area contributed by atoms with Crippen LogP contribution in [0.5, 0.6) is 5.75 Å². The van der Waals surface area contributed by atoms with E-state index in [1.165, 1.54) is 30.4 Å². The average Bonchev–Trinajstić information content (AvgIpc) is 2.47. The minimum Gasteiger partial charge on any atom is -0.490 e. The Kier molecular flexibility index (Phi) is 4.23. The van der Waals surface area contributed by atoms with Crippen molar-refractivity contribution in [3.63, 3.8) is 0 Å². The van der Waals surface area contributed by atoms with E-state index in [9.17, 15) is 0 Å². The number of hydrogen-bond donors (Lipinski definition) is 1. The van der Waals surface area contributed by atoms with Gasteiger partial charge in [0.05, 0.1) is 12.2 Å². The summed E-state index contributed by atoms with van der Waals surface area (Å²) in [6.45, 7) is 5.16. The molecule has 3 nitrogen and oxygen atoms in total. The van der Waals surface area contributed by atoms with Crippen molar-refractivity contribution in [2.24, 2.45) is 0 Å². The Morgan fingerprint density at radius 3 is 2.81 bits per heavy atom. The zero-order valence-electron chi connectivity index (χ0n) is 13.4. The lowest BCUT2D eigenvalue weighted by Gasteiger charge is -2.47. The summed E-state index contributed by atoms with van der Waals surface area (Å²) >= 11 is 0. The second-order valence-electron chi connectivity index (χ2n) is 6.65. The van der Waals surface area contributed by atoms with Crippen molar-refractivity contribution in [2.45, 2.75) is 63.7 Å². The van der Waals surface area contributed by atoms with Gasteiger partial charge in [0.1, 0.15) is 11.9 Å². The van der Waals surface area contributed by atoms with Gasteiger partial charge in [0, 0.05) is 18.9 Å². The molecule has 1 N–H and O–H groups in total. The van der Waals surface area contributed by atoms with Gasteiger partial charge in [-0.1, -0.05) is 12.1 Å². The van der Waals surface area contributed by atoms with Crippen LogP contribution >= 0.6 is 0 Å². The topological polar surface area (TPSA) is 30.5 Å². The Morgan fingerprint density at radius 1 is 1.38 bits per heavy atom. The molecule has 1 aliphatic heterocycles. The maximum absolute atomic E-state index is 6.29. The third kappa shape index (κ3) is 3.09. The van der Waals surface area contributed by atoms with E-state index >= 15 is 0 Å². The van der Waals surface area contributed by atoms with E-state index in [1.807, 2.05) is 7.05 Å². The molecule has 2 atom stereocenters. The summed E-state index contributed by atoms with van der Waals surface area (Å²) < 4.78 is 12.3. The molecular formula is C18H27NO2. The lowest BCUT2D eigenvalue weighted by atomic mass is 9.74. The second-order valence-corrected chi connectivity index (χ2v) is 6.65. The van der Waals surface area contributed by atoms with E-state index in [1.54, 1.807) is 0 Å². The number of hydrogen-bond acceptors (Lipinski definition) is 3. The molecule has 1 saturated heterocycles. The fourth-order valence-electron chi connectivity index (χ4n) is 3.42. The van der Waals surface area contributed by atoms with Crippen LogP contribution in [-0.4, -0.2) is 25.4 Å². The van der Waals surface area contributed by atoms with Crippen molar-refractivity contribution in [1.29, 1.82) is 0 Å². The van der Waals surface area contributed by atoms with E-state index in [2.05, 4.69) is 37.4 Å². The third-order valence-corrected chi connectivity index (χ3v) is 5.14. The summed E-state index contributed by atoms with van der Waals surface area (Å²) in [5.41, 5.74) is 2.69. The monoisotopic (exact) mass is 289 g/mol. The lowest BCUT2D eigenvalue weighted by Crippen LogP contribution is -2.48. The van der Waals surface area contributed by atoms with Crippen LogP contribution in [-0.2, 0) is 4.74 Å². The molecule has 0 aromatic heterocycles. The van der Waals surface area contributed by atoms with Gasteiger partial charge in [-0.15, -0.1) is 0 Å². The molecule has 1 aromatic rings. The molecule has 21 heavy (non-hydrogen) atoms. The van der Waals surface area contributed by atoms with Crippen molar-refractivity contribution in [3.8, 4) is 5.75 Å². The predicted molar refractivity (Wildman–Crippen MR) is 84.8 cm³/mol. The Hall–Kier alpha value is -1.06. The van der Waals surface area contributed by atoms with Gasteiger partial charge in [-0.25, -0.2) is 0 Å². The van der Waals surface area contributed by atoms with Gasteiger partial charge in [-0.3, -0.25) is 0 Å². The van der Waals surface area contributed by atoms with E-state index in [0.29, 0.717) is 12.1 Å². The van der Waals surface area contributed by atoms with Crippen LogP contribution in [0.4, 0.5) is 0 Å². The van der Waals surface area contributed by atoms with E-state index in [4.69, 9.17) is 9.47 Å². The number of benzene rings is 1. The van der Waals surface area contributed by atoms with E-state index < -0.39 is 0 Å². The molecule has 1 aromatic carbocycles. The third-order valence-electron chi connectivity index (χ3n) is 5.14. The van der Waals surface area contributed by atoms with Gasteiger partial charge in [-0.2, -0.15) is 0 Å². The molecule has 1 saturated carbocycles. The SMILES string of the molecule is CNC(C)c1ccc(OC2CCOC3(CCC3)C2)c(C)c1. The van der Waals surface area contributed by atoms with Gasteiger partial charge in [-0.05, 0) is 57.4 Å². The van der Waals surface area contributed by atoms with Gasteiger partial charge in [0.25, 0.3) is 0 Å². The first kappa shape index (κ1) is 14.9. The average molecular weight is 289 g/mol. The van der Waals surface area contributed by atoms with Crippen LogP contribution in [0, 0.1) is 6.92 Å². The first-order chi connectivity index (χ1) is 10.1. The molecule has 2 aliphatic rings. The molecule has 2 unspecified atom stereocenters. The van der Waals surface area contributed by atoms with Crippen LogP contribution in [0.1, 0.15) is 56.2 Å². The fourth-order valence-corrected chi connectivity index (χ4v) is 3.42. The Labute approximate surface area is 128 Å². The lowest BCUT2D eigenvalue weighted by molar-refractivity contribution is -0.153. The van der Waals surface area contributed by atoms with Crippen LogP contribution in [0.25, 0.3) is 0 Å². The fraction of sp³-hybridized carbons (Fsp3) is 0.667. The van der Waals surface area contributed by atoms with Crippen LogP contribution < -0.4 is 10.1 Å². The molecular weight excluding hydrogens is 262 g/mol. The zero-order chi connectivity index (χ0) is 14.9. The molecule has 0 bridgehead atoms. The molecule has 1 spiro atoms. The molecule has 1 heterocycles. The maximum Gasteiger partial charge on any atom is 0.122 e. The van der Waals surface area contributed by atoms with Crippen LogP contribution in [0.2, 0.25) is 0 Å². The summed E-state index contributed by atoms with van der Waals surface area (Å²) in [5.74, 6) is 1.03. The van der Waals surface area contributed by atoms with Crippen molar-refractivity contribution >= 4 is 0 Å². The minimum atomic E-state index is 0.150. The van der Waals surface area contributed by atoms with Gasteiger partial charge in [0.2, 0.25) is 0 Å². The van der Waals surface area contributed by atoms with E-state index in [0.717, 1.165) is 25.2 Å². The first-order valence-corrected chi connectivity index (χ1v) is 8.20. The van der Waals surface area contributed by atoms with Gasteiger partial charge in [0.15, 0.2) is 0 Å². The van der Waals surface area contributed by atoms with Gasteiger partial charge < -0.3 is 14.8 Å². The van der Waals surface area contributed by atoms with Gasteiger partial charge >= 0.3 is 0 Å². The van der Waals surface area contributed by atoms with Crippen molar-refractivity contribution < 1.29 is 9.47 Å². The summed E-state index contributed by atoms with van der Waals surface area (Å²) in [6, 6.07) is 6.90. The highest BCUT2D eigenvalue weighted by atomic mass is 16.5. The molecule has 3 rings (SSSR count). The summed E-state index contributed by atoms with van der Waals surface area (Å²) in [4.78, 5) is 0. The summed E-state index contributed by atoms with van der Waals surface area (Å²) in [6.07, 6.45) is 6.11. The Bertz CT molecular complexity index is 496. The number of nitrogens with one attached hydrogen (secondary N) is 1. The van der Waals surface area contributed by atoms with Crippen LogP contribution in [0.15, 0.2) is 18.2 Å². The molecule has 1 aliphatic carbocycles. The minimum absolute atomic E-state index is 0.150. The van der Waals surface area contributed by atoms with E-state index in [-0.39, 0.29) is 5.60 Å². The summed E-state index contributed by atoms with van der Waals surface area (Å²) in [7, 11) is 1.99. The van der Waals surface area contributed by atoms with Crippen LogP contribution in [0.3, 0.4) is 0 Å². The quantitative estimate of drug-likeness (QED) is 0.915. The van der Waals surface area contributed by atoms with Crippen molar-refractivity contribution in [1.82, 2.24) is 5.32 Å². The Balaban J connectivity index is 1.67. The summed E-state index contributed by atoms with van der Waals surface area (Å²) in [5, 5.41) is 3.28. The number of rotatable bonds is 4. The van der Waals surface area contributed by atoms with Crippen molar-refractivity contribution in [2.75, 3.05) is 13.7 Å². The molecule has 3 heteroatoms. The zero-order valence-corrected chi connectivity index (χ0v) is 13.4. The largest absolute Gasteiger partial charge is 0.490 e. The molecule has 0 amide bonds. The molecule has 2 fully saturated rings. The highest BCUT2D eigenvalue weighted by Gasteiger charge is 2.43. The predicted octanol–water partition coefficient (Wildman–Crippen LogP) is 3.76. The highest BCUT2D eigenvalue weighted by Crippen LogP contribution is 2.43. The normalized spacial score (nSPS) is 25.4. The first-order valence-electron chi connectivity index (χ1n) is 8.20. The molecule has 0 radical (unpaired) electrons. The second kappa shape index (κ2) is 5.98. The molecule has 116 valence electrons. The smallest absolute Gasteiger partial charge is 0.122 e. The van der Waals surface area contributed by atoms with Crippen molar-refractivity contribution in [3.05, 3.63) is 29.3 Å². The number of ether oxygens (including phenoxy) is 2. The number of aryl methyl sites for hydroxylation is 1. The Morgan fingerprint density at radius 2 is 2.19 bits per heavy atom.